The van der Waals surface area contributed by atoms with Crippen molar-refractivity contribution in [3.05, 3.63) is 71.8 Å². The second kappa shape index (κ2) is 10.4. The Balaban J connectivity index is 1.83. The van der Waals surface area contributed by atoms with Crippen LogP contribution in [0.15, 0.2) is 60.7 Å². The summed E-state index contributed by atoms with van der Waals surface area (Å²) in [6.07, 6.45) is 3.26. The fourth-order valence-corrected chi connectivity index (χ4v) is 3.78. The maximum Gasteiger partial charge on any atom is 0.313 e. The summed E-state index contributed by atoms with van der Waals surface area (Å²) in [4.78, 5) is 24.2. The maximum absolute atomic E-state index is 12.3. The molecule has 4 heteroatoms. The lowest BCUT2D eigenvalue weighted by molar-refractivity contribution is -0.143. The molecule has 2 N–H and O–H groups in total. The van der Waals surface area contributed by atoms with Gasteiger partial charge in [-0.3, -0.25) is 9.59 Å². The van der Waals surface area contributed by atoms with Crippen molar-refractivity contribution in [3.63, 3.8) is 0 Å². The summed E-state index contributed by atoms with van der Waals surface area (Å²) in [7, 11) is 0. The lowest BCUT2D eigenvalue weighted by Gasteiger charge is -2.28. The molecule has 29 heavy (non-hydrogen) atoms. The number of ketones is 1. The molecule has 0 saturated heterocycles. The molecule has 0 heterocycles. The Kier molecular flexibility index (Phi) is 8.15. The minimum Gasteiger partial charge on any atom is -0.481 e. The van der Waals surface area contributed by atoms with Crippen molar-refractivity contribution in [1.82, 2.24) is 0 Å². The highest BCUT2D eigenvalue weighted by molar-refractivity contribution is 5.81. The zero-order valence-electron chi connectivity index (χ0n) is 17.4. The molecule has 0 saturated carbocycles. The average molecular weight is 397 g/mol. The summed E-state index contributed by atoms with van der Waals surface area (Å²) in [6, 6.07) is 19.1. The van der Waals surface area contributed by atoms with Crippen LogP contribution >= 0.6 is 0 Å². The van der Waals surface area contributed by atoms with E-state index in [2.05, 4.69) is 0 Å². The highest BCUT2D eigenvalue weighted by atomic mass is 16.4. The Bertz CT molecular complexity index is 787. The summed E-state index contributed by atoms with van der Waals surface area (Å²) in [6.45, 7) is 3.78. The molecular weight excluding hydrogens is 364 g/mol. The number of carboxylic acid groups (broad SMARTS) is 1. The van der Waals surface area contributed by atoms with Crippen LogP contribution in [0.1, 0.15) is 63.5 Å². The van der Waals surface area contributed by atoms with E-state index >= 15 is 0 Å². The van der Waals surface area contributed by atoms with E-state index in [0.29, 0.717) is 32.1 Å². The number of carbonyl (C=O) groups excluding carboxylic acids is 1. The lowest BCUT2D eigenvalue weighted by Crippen LogP contribution is -2.32. The first-order chi connectivity index (χ1) is 13.8. The quantitative estimate of drug-likeness (QED) is 0.536. The van der Waals surface area contributed by atoms with Crippen LogP contribution in [0.5, 0.6) is 0 Å². The molecule has 156 valence electrons. The van der Waals surface area contributed by atoms with Crippen molar-refractivity contribution in [1.29, 1.82) is 0 Å². The van der Waals surface area contributed by atoms with Crippen LogP contribution in [0, 0.1) is 0 Å². The Morgan fingerprint density at radius 3 is 1.76 bits per heavy atom. The van der Waals surface area contributed by atoms with Gasteiger partial charge in [0.05, 0.1) is 12.0 Å². The third-order valence-electron chi connectivity index (χ3n) is 6.02. The van der Waals surface area contributed by atoms with Crippen LogP contribution in [0.3, 0.4) is 0 Å². The fourth-order valence-electron chi connectivity index (χ4n) is 3.78. The number of hydrogen-bond acceptors (Lipinski definition) is 3. The van der Waals surface area contributed by atoms with Gasteiger partial charge in [0, 0.05) is 18.3 Å². The highest BCUT2D eigenvalue weighted by Gasteiger charge is 2.34. The van der Waals surface area contributed by atoms with Crippen molar-refractivity contribution >= 4 is 11.8 Å². The number of carboxylic acids is 1. The molecule has 0 fully saturated rings. The Morgan fingerprint density at radius 2 is 1.28 bits per heavy atom. The third kappa shape index (κ3) is 6.01. The van der Waals surface area contributed by atoms with Crippen LogP contribution < -0.4 is 0 Å². The Morgan fingerprint density at radius 1 is 0.793 bits per heavy atom. The number of hydrogen-bond donors (Lipinski definition) is 2. The largest absolute Gasteiger partial charge is 0.481 e. The molecule has 0 aliphatic carbocycles. The molecule has 2 unspecified atom stereocenters. The van der Waals surface area contributed by atoms with E-state index in [1.54, 1.807) is 6.92 Å². The van der Waals surface area contributed by atoms with Crippen molar-refractivity contribution in [2.24, 2.45) is 0 Å². The molecule has 0 spiro atoms. The summed E-state index contributed by atoms with van der Waals surface area (Å²) >= 11 is 0. The van der Waals surface area contributed by atoms with Gasteiger partial charge in [-0.05, 0) is 43.7 Å². The molecule has 4 nitrogen and oxygen atoms in total. The number of aliphatic hydroxyl groups excluding tert-OH is 1. The van der Waals surface area contributed by atoms with E-state index in [1.165, 1.54) is 0 Å². The van der Waals surface area contributed by atoms with Crippen LogP contribution in [0.2, 0.25) is 0 Å². The van der Waals surface area contributed by atoms with Gasteiger partial charge < -0.3 is 10.2 Å². The van der Waals surface area contributed by atoms with Crippen molar-refractivity contribution < 1.29 is 19.8 Å². The van der Waals surface area contributed by atoms with Crippen LogP contribution in [0.4, 0.5) is 0 Å². The average Bonchev–Trinajstić information content (AvgIpc) is 2.74. The van der Waals surface area contributed by atoms with E-state index in [0.717, 1.165) is 17.5 Å². The summed E-state index contributed by atoms with van der Waals surface area (Å²) in [5, 5.41) is 19.6. The van der Waals surface area contributed by atoms with Crippen LogP contribution in [-0.2, 0) is 20.4 Å². The monoisotopic (exact) mass is 396 g/mol. The molecule has 0 aliphatic heterocycles. The molecule has 0 aromatic heterocycles. The standard InChI is InChI=1S/C25H32O4/c1-24(19-26,20-11-5-3-6-12-20)17-9-15-22(27)16-10-18-25(2,23(28)29)21-13-7-4-8-14-21/h3-8,11-14,26H,9-10,15-19H2,1-2H3,(H,28,29). The predicted molar refractivity (Wildman–Crippen MR) is 115 cm³/mol. The van der Waals surface area contributed by atoms with Crippen LogP contribution in [0.25, 0.3) is 0 Å². The molecule has 0 radical (unpaired) electrons. The second-order valence-electron chi connectivity index (χ2n) is 8.33. The van der Waals surface area contributed by atoms with Gasteiger partial charge in [0.2, 0.25) is 0 Å². The molecule has 0 aliphatic rings. The number of Topliss-reactive ketones (excluding diaryl/α,β-unsaturated/α-hetero) is 1. The zero-order valence-corrected chi connectivity index (χ0v) is 17.4. The lowest BCUT2D eigenvalue weighted by atomic mass is 9.77. The van der Waals surface area contributed by atoms with E-state index in [-0.39, 0.29) is 17.8 Å². The summed E-state index contributed by atoms with van der Waals surface area (Å²) in [5.41, 5.74) is 0.512. The zero-order chi connectivity index (χ0) is 21.3. The van der Waals surface area contributed by atoms with Gasteiger partial charge in [-0.25, -0.2) is 0 Å². The minimum absolute atomic E-state index is 0.0409. The van der Waals surface area contributed by atoms with E-state index in [1.807, 2.05) is 67.6 Å². The molecule has 2 aromatic rings. The van der Waals surface area contributed by atoms with Crippen molar-refractivity contribution in [3.8, 4) is 0 Å². The SMILES string of the molecule is CC(CO)(CCCC(=O)CCCC(C)(C(=O)O)c1ccccc1)c1ccccc1. The molecule has 0 amide bonds. The normalized spacial score (nSPS) is 15.3. The highest BCUT2D eigenvalue weighted by Crippen LogP contribution is 2.31. The topological polar surface area (TPSA) is 74.6 Å². The van der Waals surface area contributed by atoms with Gasteiger partial charge in [-0.1, -0.05) is 67.6 Å². The van der Waals surface area contributed by atoms with Crippen molar-refractivity contribution in [2.45, 2.75) is 63.2 Å². The molecule has 0 bridgehead atoms. The first-order valence-electron chi connectivity index (χ1n) is 10.3. The van der Waals surface area contributed by atoms with E-state index in [9.17, 15) is 19.8 Å². The number of benzene rings is 2. The van der Waals surface area contributed by atoms with Gasteiger partial charge in [-0.15, -0.1) is 0 Å². The number of carbonyl (C=O) groups is 2. The third-order valence-corrected chi connectivity index (χ3v) is 6.02. The first-order valence-corrected chi connectivity index (χ1v) is 10.3. The minimum atomic E-state index is -0.982. The number of rotatable bonds is 12. The Hall–Kier alpha value is -2.46. The van der Waals surface area contributed by atoms with Gasteiger partial charge in [0.15, 0.2) is 0 Å². The van der Waals surface area contributed by atoms with Crippen LogP contribution in [-0.4, -0.2) is 28.6 Å². The summed E-state index contributed by atoms with van der Waals surface area (Å²) in [5.74, 6) is -0.711. The second-order valence-corrected chi connectivity index (χ2v) is 8.33. The molecule has 2 atom stereocenters. The van der Waals surface area contributed by atoms with Gasteiger partial charge in [0.25, 0.3) is 0 Å². The smallest absolute Gasteiger partial charge is 0.313 e. The Labute approximate surface area is 173 Å². The van der Waals surface area contributed by atoms with E-state index < -0.39 is 11.4 Å². The van der Waals surface area contributed by atoms with E-state index in [4.69, 9.17) is 0 Å². The number of aliphatic carboxylic acids is 1. The predicted octanol–water partition coefficient (Wildman–Crippen LogP) is 4.89. The number of aliphatic hydroxyl groups is 1. The van der Waals surface area contributed by atoms with Gasteiger partial charge in [0.1, 0.15) is 5.78 Å². The first kappa shape index (κ1) is 22.8. The molecule has 2 rings (SSSR count). The fraction of sp³-hybridized carbons (Fsp3) is 0.440. The van der Waals surface area contributed by atoms with Gasteiger partial charge >= 0.3 is 5.97 Å². The molecule has 2 aromatic carbocycles. The van der Waals surface area contributed by atoms with Crippen molar-refractivity contribution in [2.75, 3.05) is 6.61 Å². The van der Waals surface area contributed by atoms with Gasteiger partial charge in [-0.2, -0.15) is 0 Å². The summed E-state index contributed by atoms with van der Waals surface area (Å²) < 4.78 is 0. The molecular formula is C25H32O4. The maximum atomic E-state index is 12.3.